The van der Waals surface area contributed by atoms with Gasteiger partial charge in [-0.15, -0.1) is 0 Å². The van der Waals surface area contributed by atoms with Crippen molar-refractivity contribution in [3.8, 4) is 0 Å². The minimum absolute atomic E-state index is 0.0394. The average Bonchev–Trinajstić information content (AvgIpc) is 2.91. The van der Waals surface area contributed by atoms with Crippen LogP contribution < -0.4 is 14.3 Å². The Balaban J connectivity index is 1.13. The van der Waals surface area contributed by atoms with Gasteiger partial charge in [-0.1, -0.05) is 12.1 Å². The number of aromatic nitrogens is 2. The predicted molar refractivity (Wildman–Crippen MR) is 161 cm³/mol. The van der Waals surface area contributed by atoms with E-state index in [1.165, 1.54) is 74.6 Å². The predicted octanol–water partition coefficient (Wildman–Crippen LogP) is 4.46. The molecule has 42 heavy (non-hydrogen) atoms. The second kappa shape index (κ2) is 10.6. The van der Waals surface area contributed by atoms with Crippen LogP contribution in [0.3, 0.4) is 0 Å². The van der Waals surface area contributed by atoms with Crippen LogP contribution >= 0.6 is 0 Å². The lowest BCUT2D eigenvalue weighted by Gasteiger charge is -2.57. The van der Waals surface area contributed by atoms with Gasteiger partial charge in [0.1, 0.15) is 6.54 Å². The zero-order valence-corrected chi connectivity index (χ0v) is 25.3. The number of carbonyl (C=O) groups excluding carboxylic acids is 1. The van der Waals surface area contributed by atoms with Crippen molar-refractivity contribution in [3.63, 3.8) is 0 Å². The van der Waals surface area contributed by atoms with Gasteiger partial charge in [0.2, 0.25) is 21.9 Å². The van der Waals surface area contributed by atoms with Crippen LogP contribution in [0.1, 0.15) is 49.8 Å². The third-order valence-corrected chi connectivity index (χ3v) is 11.4. The molecule has 2 aromatic carbocycles. The Labute approximate surface area is 247 Å². The lowest BCUT2D eigenvalue weighted by molar-refractivity contribution is -0.114. The molecule has 4 bridgehead atoms. The number of nitrogens with zero attached hydrogens (tertiary/aromatic N) is 3. The van der Waals surface area contributed by atoms with E-state index in [2.05, 4.69) is 20.0 Å². The number of aryl methyl sites for hydroxylation is 1. The van der Waals surface area contributed by atoms with Crippen LogP contribution in [-0.2, 0) is 30.3 Å². The normalized spacial score (nSPS) is 24.8. The van der Waals surface area contributed by atoms with Crippen molar-refractivity contribution >= 4 is 43.3 Å². The van der Waals surface area contributed by atoms with Crippen LogP contribution in [0, 0.1) is 24.7 Å². The van der Waals surface area contributed by atoms with Gasteiger partial charge in [-0.3, -0.25) is 9.10 Å². The zero-order valence-electron chi connectivity index (χ0n) is 23.7. The van der Waals surface area contributed by atoms with Gasteiger partial charge in [0, 0.05) is 17.6 Å². The van der Waals surface area contributed by atoms with E-state index in [0.717, 1.165) is 28.3 Å². The van der Waals surface area contributed by atoms with Crippen LogP contribution in [0.15, 0.2) is 65.7 Å². The van der Waals surface area contributed by atoms with E-state index in [9.17, 15) is 21.6 Å². The summed E-state index contributed by atoms with van der Waals surface area (Å²) in [7, 11) is -7.69. The molecule has 1 aromatic heterocycles. The van der Waals surface area contributed by atoms with Gasteiger partial charge in [-0.2, -0.15) is 0 Å². The highest BCUT2D eigenvalue weighted by molar-refractivity contribution is 7.92. The molecule has 4 aliphatic carbocycles. The van der Waals surface area contributed by atoms with E-state index in [-0.39, 0.29) is 16.3 Å². The first-order valence-electron chi connectivity index (χ1n) is 14.2. The quantitative estimate of drug-likeness (QED) is 0.365. The Morgan fingerprint density at radius 2 is 1.50 bits per heavy atom. The second-order valence-electron chi connectivity index (χ2n) is 12.2. The Morgan fingerprint density at radius 1 is 0.905 bits per heavy atom. The fourth-order valence-electron chi connectivity index (χ4n) is 7.57. The molecule has 3 aromatic rings. The van der Waals surface area contributed by atoms with E-state index >= 15 is 0 Å². The van der Waals surface area contributed by atoms with E-state index in [1.807, 2.05) is 24.3 Å². The van der Waals surface area contributed by atoms with Crippen molar-refractivity contribution in [2.45, 2.75) is 55.8 Å². The monoisotopic (exact) mass is 609 g/mol. The first-order valence-corrected chi connectivity index (χ1v) is 17.5. The Bertz CT molecular complexity index is 1670. The second-order valence-corrected chi connectivity index (χ2v) is 15.8. The summed E-state index contributed by atoms with van der Waals surface area (Å²) < 4.78 is 54.3. The molecule has 4 saturated carbocycles. The van der Waals surface area contributed by atoms with Gasteiger partial charge in [0.05, 0.1) is 16.8 Å². The maximum Gasteiger partial charge on any atom is 0.264 e. The molecule has 0 aliphatic heterocycles. The van der Waals surface area contributed by atoms with Crippen molar-refractivity contribution < 1.29 is 21.6 Å². The third kappa shape index (κ3) is 5.87. The van der Waals surface area contributed by atoms with Crippen molar-refractivity contribution in [2.24, 2.45) is 17.8 Å². The molecule has 0 spiro atoms. The minimum atomic E-state index is -3.94. The summed E-state index contributed by atoms with van der Waals surface area (Å²) in [5.41, 5.74) is 2.86. The third-order valence-electron chi connectivity index (χ3n) is 8.96. The number of rotatable bonds is 9. The number of hydrogen-bond acceptors (Lipinski definition) is 7. The van der Waals surface area contributed by atoms with Crippen LogP contribution in [0.25, 0.3) is 0 Å². The van der Waals surface area contributed by atoms with Gasteiger partial charge in [-0.25, -0.2) is 31.5 Å². The molecule has 1 amide bonds. The lowest BCUT2D eigenvalue weighted by Crippen LogP contribution is -2.48. The van der Waals surface area contributed by atoms with E-state index in [4.69, 9.17) is 0 Å². The number of carbonyl (C=O) groups is 1. The molecule has 12 heteroatoms. The number of nitrogens with one attached hydrogen (secondary N) is 2. The van der Waals surface area contributed by atoms with Crippen LogP contribution in [0.5, 0.6) is 0 Å². The lowest BCUT2D eigenvalue weighted by atomic mass is 9.48. The molecule has 0 unspecified atom stereocenters. The fourth-order valence-corrected chi connectivity index (χ4v) is 9.38. The first kappa shape index (κ1) is 28.6. The molecule has 2 N–H and O–H groups in total. The molecule has 222 valence electrons. The molecule has 0 atom stereocenters. The minimum Gasteiger partial charge on any atom is -0.325 e. The van der Waals surface area contributed by atoms with Gasteiger partial charge < -0.3 is 5.32 Å². The molecule has 4 fully saturated rings. The highest BCUT2D eigenvalue weighted by Crippen LogP contribution is 2.60. The molecule has 0 radical (unpaired) electrons. The standard InChI is InChI=1S/C30H35N5O5S2/c1-20-11-12-31-29(32-20)34-42(39,40)27-9-5-25(6-10-27)33-28(36)19-35(41(2,37)38)26-7-3-24(4-8-26)30-16-21-13-22(17-30)15-23(14-21)18-30/h3-12,21-23H,13-19H2,1-2H3,(H,33,36)(H,31,32,34). The average molecular weight is 610 g/mol. The topological polar surface area (TPSA) is 138 Å². The zero-order chi connectivity index (χ0) is 29.7. The van der Waals surface area contributed by atoms with E-state index in [0.29, 0.717) is 17.1 Å². The first-order chi connectivity index (χ1) is 19.9. The number of amides is 1. The summed E-state index contributed by atoms with van der Waals surface area (Å²) in [6.07, 6.45) is 10.2. The Kier molecular flexibility index (Phi) is 7.25. The number of hydrogen-bond donors (Lipinski definition) is 2. The van der Waals surface area contributed by atoms with Crippen molar-refractivity contribution in [2.75, 3.05) is 27.1 Å². The maximum atomic E-state index is 12.9. The molecule has 0 saturated heterocycles. The van der Waals surface area contributed by atoms with E-state index in [1.54, 1.807) is 13.0 Å². The van der Waals surface area contributed by atoms with Gasteiger partial charge in [0.15, 0.2) is 0 Å². The largest absolute Gasteiger partial charge is 0.325 e. The van der Waals surface area contributed by atoms with Crippen molar-refractivity contribution in [3.05, 3.63) is 72.1 Å². The summed E-state index contributed by atoms with van der Waals surface area (Å²) in [5, 5.41) is 2.67. The molecule has 1 heterocycles. The molecule has 7 rings (SSSR count). The molecular weight excluding hydrogens is 574 g/mol. The Hall–Kier alpha value is -3.51. The summed E-state index contributed by atoms with van der Waals surface area (Å²) >= 11 is 0. The van der Waals surface area contributed by atoms with Crippen molar-refractivity contribution in [1.82, 2.24) is 9.97 Å². The summed E-state index contributed by atoms with van der Waals surface area (Å²) in [4.78, 5) is 20.9. The van der Waals surface area contributed by atoms with Crippen LogP contribution in [0.4, 0.5) is 17.3 Å². The summed E-state index contributed by atoms with van der Waals surface area (Å²) in [5.74, 6) is 1.82. The fraction of sp³-hybridized carbons (Fsp3) is 0.433. The molecule has 4 aliphatic rings. The maximum absolute atomic E-state index is 12.9. The molecule has 10 nitrogen and oxygen atoms in total. The number of anilines is 3. The van der Waals surface area contributed by atoms with Crippen molar-refractivity contribution in [1.29, 1.82) is 0 Å². The van der Waals surface area contributed by atoms with E-state index < -0.39 is 32.5 Å². The van der Waals surface area contributed by atoms with Crippen LogP contribution in [-0.4, -0.2) is 45.5 Å². The van der Waals surface area contributed by atoms with Gasteiger partial charge in [-0.05, 0) is 117 Å². The highest BCUT2D eigenvalue weighted by atomic mass is 32.2. The summed E-state index contributed by atoms with van der Waals surface area (Å²) in [6, 6.07) is 14.9. The Morgan fingerprint density at radius 3 is 2.05 bits per heavy atom. The number of benzene rings is 2. The van der Waals surface area contributed by atoms with Gasteiger partial charge in [0.25, 0.3) is 10.0 Å². The SMILES string of the molecule is Cc1ccnc(NS(=O)(=O)c2ccc(NC(=O)CN(c3ccc(C45CC6CC(CC(C6)C4)C5)cc3)S(C)(=O)=O)cc2)n1. The van der Waals surface area contributed by atoms with Crippen LogP contribution in [0.2, 0.25) is 0 Å². The molecular formula is C30H35N5O5S2. The summed E-state index contributed by atoms with van der Waals surface area (Å²) in [6.45, 7) is 1.31. The highest BCUT2D eigenvalue weighted by Gasteiger charge is 2.51. The smallest absolute Gasteiger partial charge is 0.264 e. The van der Waals surface area contributed by atoms with Gasteiger partial charge >= 0.3 is 0 Å². The number of sulfonamides is 2.